The van der Waals surface area contributed by atoms with E-state index in [-0.39, 0.29) is 31.7 Å². The molecule has 0 unspecified atom stereocenters. The number of carboxylic acid groups (broad SMARTS) is 1. The lowest BCUT2D eigenvalue weighted by atomic mass is 9.96. The number of ether oxygens (including phenoxy) is 4. The summed E-state index contributed by atoms with van der Waals surface area (Å²) in [6.07, 6.45) is -1.41. The van der Waals surface area contributed by atoms with Gasteiger partial charge in [0.1, 0.15) is 49.8 Å². The van der Waals surface area contributed by atoms with Crippen LogP contribution in [0.25, 0.3) is 11.1 Å². The second-order valence-corrected chi connectivity index (χ2v) is 10.6. The van der Waals surface area contributed by atoms with Crippen molar-refractivity contribution in [3.63, 3.8) is 0 Å². The minimum atomic E-state index is -1.09. The lowest BCUT2D eigenvalue weighted by Gasteiger charge is -2.20. The third-order valence-electron chi connectivity index (χ3n) is 7.38. The van der Waals surface area contributed by atoms with Gasteiger partial charge in [0.25, 0.3) is 0 Å². The summed E-state index contributed by atoms with van der Waals surface area (Å²) >= 11 is 0. The third kappa shape index (κ3) is 8.09. The minimum absolute atomic E-state index is 0.0728. The van der Waals surface area contributed by atoms with E-state index < -0.39 is 17.9 Å². The number of aliphatic carboxylic acids is 1. The molecule has 9 nitrogen and oxygen atoms in total. The molecule has 1 atom stereocenters. The summed E-state index contributed by atoms with van der Waals surface area (Å²) in [7, 11) is 0. The summed E-state index contributed by atoms with van der Waals surface area (Å²) in [4.78, 5) is 10.9. The van der Waals surface area contributed by atoms with Crippen molar-refractivity contribution in [1.82, 2.24) is 5.32 Å². The van der Waals surface area contributed by atoms with Crippen LogP contribution in [0.1, 0.15) is 34.2 Å². The zero-order valence-corrected chi connectivity index (χ0v) is 24.7. The molecule has 0 bridgehead atoms. The van der Waals surface area contributed by atoms with Gasteiger partial charge in [0, 0.05) is 24.7 Å². The van der Waals surface area contributed by atoms with Gasteiger partial charge in [0.05, 0.1) is 18.1 Å². The quantitative estimate of drug-likeness (QED) is 0.179. The number of nitrogens with zero attached hydrogens (tertiary/aromatic N) is 1. The highest BCUT2D eigenvalue weighted by molar-refractivity contribution is 5.71. The van der Waals surface area contributed by atoms with Crippen molar-refractivity contribution in [2.24, 2.45) is 0 Å². The Morgan fingerprint density at radius 3 is 2.62 bits per heavy atom. The summed E-state index contributed by atoms with van der Waals surface area (Å²) < 4.78 is 37.5. The summed E-state index contributed by atoms with van der Waals surface area (Å²) in [5, 5.41) is 31.1. The largest absolute Gasteiger partial charge is 0.489 e. The van der Waals surface area contributed by atoms with Crippen molar-refractivity contribution in [2.75, 3.05) is 19.8 Å². The van der Waals surface area contributed by atoms with Gasteiger partial charge >= 0.3 is 5.97 Å². The van der Waals surface area contributed by atoms with Gasteiger partial charge in [-0.25, -0.2) is 4.39 Å². The molecule has 0 aromatic heterocycles. The molecule has 4 aromatic rings. The Labute approximate surface area is 260 Å². The van der Waals surface area contributed by atoms with E-state index in [1.54, 1.807) is 12.1 Å². The fraction of sp³-hybridized carbons (Fsp3) is 0.257. The minimum Gasteiger partial charge on any atom is -0.489 e. The van der Waals surface area contributed by atoms with Gasteiger partial charge in [-0.2, -0.15) is 5.26 Å². The van der Waals surface area contributed by atoms with Gasteiger partial charge in [-0.15, -0.1) is 0 Å². The summed E-state index contributed by atoms with van der Waals surface area (Å²) in [5.41, 5.74) is 5.41. The molecule has 1 aliphatic rings. The van der Waals surface area contributed by atoms with Gasteiger partial charge in [-0.05, 0) is 65.1 Å². The molecule has 0 spiro atoms. The fourth-order valence-electron chi connectivity index (χ4n) is 4.99. The normalized spacial score (nSPS) is 12.7. The molecular formula is C35H33FN2O7. The van der Waals surface area contributed by atoms with Crippen LogP contribution in [0.15, 0.2) is 72.8 Å². The van der Waals surface area contributed by atoms with Crippen molar-refractivity contribution >= 4 is 5.97 Å². The van der Waals surface area contributed by atoms with E-state index in [9.17, 15) is 19.6 Å². The van der Waals surface area contributed by atoms with Crippen LogP contribution in [-0.2, 0) is 24.6 Å². The van der Waals surface area contributed by atoms with Crippen LogP contribution in [0.2, 0.25) is 0 Å². The number of fused-ring (bicyclic) bond motifs is 1. The van der Waals surface area contributed by atoms with Crippen LogP contribution in [-0.4, -0.2) is 42.0 Å². The highest BCUT2D eigenvalue weighted by Gasteiger charge is 2.15. The molecule has 0 saturated carbocycles. The number of aliphatic hydroxyl groups excluding tert-OH is 1. The Hall–Kier alpha value is -5.11. The van der Waals surface area contributed by atoms with Gasteiger partial charge in [0.2, 0.25) is 0 Å². The predicted molar refractivity (Wildman–Crippen MR) is 164 cm³/mol. The summed E-state index contributed by atoms with van der Waals surface area (Å²) in [5.74, 6) is 0.814. The Morgan fingerprint density at radius 1 is 1.00 bits per heavy atom. The van der Waals surface area contributed by atoms with E-state index in [0.29, 0.717) is 36.9 Å². The Balaban J connectivity index is 1.31. The van der Waals surface area contributed by atoms with E-state index >= 15 is 0 Å². The molecule has 0 aliphatic carbocycles. The molecule has 0 fully saturated rings. The van der Waals surface area contributed by atoms with Crippen LogP contribution in [0.5, 0.6) is 23.0 Å². The molecule has 4 aromatic carbocycles. The zero-order valence-electron chi connectivity index (χ0n) is 24.7. The van der Waals surface area contributed by atoms with E-state index in [0.717, 1.165) is 39.3 Å². The first-order valence-corrected chi connectivity index (χ1v) is 14.5. The predicted octanol–water partition coefficient (Wildman–Crippen LogP) is 5.53. The Morgan fingerprint density at radius 2 is 1.82 bits per heavy atom. The van der Waals surface area contributed by atoms with E-state index in [2.05, 4.69) is 11.4 Å². The molecule has 0 saturated heterocycles. The number of hydrogen-bond donors (Lipinski definition) is 3. The molecule has 232 valence electrons. The van der Waals surface area contributed by atoms with Gasteiger partial charge < -0.3 is 34.5 Å². The molecule has 1 aliphatic heterocycles. The van der Waals surface area contributed by atoms with Crippen molar-refractivity contribution in [2.45, 2.75) is 39.2 Å². The monoisotopic (exact) mass is 612 g/mol. The molecule has 45 heavy (non-hydrogen) atoms. The number of carbonyl (C=O) groups is 1. The second-order valence-electron chi connectivity index (χ2n) is 10.6. The summed E-state index contributed by atoms with van der Waals surface area (Å²) in [6, 6.07) is 23.4. The molecular weight excluding hydrogens is 579 g/mol. The number of hydrogen-bond acceptors (Lipinski definition) is 8. The number of aliphatic hydroxyl groups is 1. The highest BCUT2D eigenvalue weighted by atomic mass is 19.1. The first-order chi connectivity index (χ1) is 21.8. The number of benzene rings is 4. The third-order valence-corrected chi connectivity index (χ3v) is 7.38. The lowest BCUT2D eigenvalue weighted by molar-refractivity contribution is -0.139. The van der Waals surface area contributed by atoms with E-state index in [1.165, 1.54) is 12.1 Å². The number of nitriles is 1. The van der Waals surface area contributed by atoms with Gasteiger partial charge in [-0.3, -0.25) is 4.79 Å². The smallest absolute Gasteiger partial charge is 0.306 e. The number of rotatable bonds is 13. The van der Waals surface area contributed by atoms with Crippen LogP contribution >= 0.6 is 0 Å². The first-order valence-electron chi connectivity index (χ1n) is 14.5. The maximum absolute atomic E-state index is 13.8. The second kappa shape index (κ2) is 14.6. The molecule has 1 heterocycles. The topological polar surface area (TPSA) is 130 Å². The van der Waals surface area contributed by atoms with Crippen molar-refractivity contribution in [3.8, 4) is 40.2 Å². The van der Waals surface area contributed by atoms with Crippen LogP contribution in [0.4, 0.5) is 4.39 Å². The summed E-state index contributed by atoms with van der Waals surface area (Å²) in [6.45, 7) is 3.83. The average Bonchev–Trinajstić information content (AvgIpc) is 3.04. The SMILES string of the molecule is Cc1c(COc2ccc(CNC[C@@H](O)CC(=O)O)c(OCc3ccc(F)c(C#N)c3)c2)cccc1-c1ccc2c(c1)OCCO2. The highest BCUT2D eigenvalue weighted by Crippen LogP contribution is 2.36. The van der Waals surface area contributed by atoms with Crippen molar-refractivity contribution in [1.29, 1.82) is 5.26 Å². The molecule has 0 amide bonds. The Bertz CT molecular complexity index is 1720. The van der Waals surface area contributed by atoms with Gasteiger partial charge in [-0.1, -0.05) is 36.4 Å². The van der Waals surface area contributed by atoms with Crippen LogP contribution in [0.3, 0.4) is 0 Å². The van der Waals surface area contributed by atoms with Crippen LogP contribution < -0.4 is 24.3 Å². The maximum Gasteiger partial charge on any atom is 0.306 e. The maximum atomic E-state index is 13.8. The van der Waals surface area contributed by atoms with Crippen molar-refractivity contribution in [3.05, 3.63) is 106 Å². The van der Waals surface area contributed by atoms with E-state index in [1.807, 2.05) is 55.5 Å². The van der Waals surface area contributed by atoms with E-state index in [4.69, 9.17) is 24.1 Å². The number of halogens is 1. The lowest BCUT2D eigenvalue weighted by Crippen LogP contribution is -2.28. The van der Waals surface area contributed by atoms with Crippen LogP contribution in [0, 0.1) is 24.1 Å². The zero-order chi connectivity index (χ0) is 31.8. The number of carboxylic acids is 1. The molecule has 0 radical (unpaired) electrons. The number of nitrogens with one attached hydrogen (secondary N) is 1. The molecule has 3 N–H and O–H groups in total. The van der Waals surface area contributed by atoms with Crippen molar-refractivity contribution < 1.29 is 38.3 Å². The first kappa shape index (κ1) is 31.3. The fourth-order valence-corrected chi connectivity index (χ4v) is 4.99. The molecule has 10 heteroatoms. The average molecular weight is 613 g/mol. The standard InChI is InChI=1S/C35H33FN2O7/c1-22-26(3-2-4-30(22)24-7-10-32-34(14-24)43-12-11-42-32)21-44-29-8-6-25(18-38-19-28(39)15-35(40)41)33(16-29)45-20-23-5-9-31(36)27(13-23)17-37/h2-10,13-14,16,28,38-39H,11-12,15,18-21H2,1H3,(H,40,41)/t28-/m0/s1. The van der Waals surface area contributed by atoms with Gasteiger partial charge in [0.15, 0.2) is 11.5 Å². The molecule has 5 rings (SSSR count). The Kier molecular flexibility index (Phi) is 10.1.